The number of aryl methyl sites for hydroxylation is 1. The second-order valence-corrected chi connectivity index (χ2v) is 9.01. The van der Waals surface area contributed by atoms with Crippen molar-refractivity contribution in [1.29, 1.82) is 0 Å². The van der Waals surface area contributed by atoms with Crippen LogP contribution in [-0.4, -0.2) is 70.6 Å². The molecule has 11 nitrogen and oxygen atoms in total. The van der Waals surface area contributed by atoms with Crippen LogP contribution in [0.25, 0.3) is 5.65 Å². The van der Waals surface area contributed by atoms with E-state index in [-0.39, 0.29) is 42.6 Å². The number of ketones is 1. The van der Waals surface area contributed by atoms with Gasteiger partial charge in [0.15, 0.2) is 22.9 Å². The lowest BCUT2D eigenvalue weighted by molar-refractivity contribution is 0.0950. The topological polar surface area (TPSA) is 132 Å². The number of amides is 1. The van der Waals surface area contributed by atoms with Crippen LogP contribution in [0.4, 0.5) is 0 Å². The Morgan fingerprint density at radius 1 is 1.20 bits per heavy atom. The molecule has 1 aromatic carbocycles. The number of hydrogen-bond acceptors (Lipinski definition) is 8. The summed E-state index contributed by atoms with van der Waals surface area (Å²) in [6.45, 7) is 7.63. The molecule has 0 fully saturated rings. The number of Topliss-reactive ketones (excluding diaryl/α,β-unsaturated/α-hetero) is 1. The Morgan fingerprint density at radius 3 is 2.49 bits per heavy atom. The normalized spacial score (nSPS) is 12.2. The van der Waals surface area contributed by atoms with E-state index < -0.39 is 0 Å². The molecule has 0 aliphatic carbocycles. The van der Waals surface area contributed by atoms with Crippen molar-refractivity contribution in [2.24, 2.45) is 4.99 Å². The third-order valence-electron chi connectivity index (χ3n) is 5.44. The third kappa shape index (κ3) is 5.19. The summed E-state index contributed by atoms with van der Waals surface area (Å²) in [6, 6.07) is 5.04. The quantitative estimate of drug-likeness (QED) is 0.461. The molecule has 35 heavy (non-hydrogen) atoms. The lowest BCUT2D eigenvalue weighted by Crippen LogP contribution is -2.29. The van der Waals surface area contributed by atoms with Crippen molar-refractivity contribution in [3.05, 3.63) is 46.2 Å². The molecule has 0 unspecified atom stereocenters. The van der Waals surface area contributed by atoms with Crippen molar-refractivity contribution < 1.29 is 24.2 Å². The first-order chi connectivity index (χ1) is 16.5. The maximum atomic E-state index is 13.4. The average Bonchev–Trinajstić information content (AvgIpc) is 3.18. The molecule has 0 bridgehead atoms. The van der Waals surface area contributed by atoms with Crippen molar-refractivity contribution in [2.45, 2.75) is 39.7 Å². The molecule has 0 aliphatic rings. The van der Waals surface area contributed by atoms with Gasteiger partial charge >= 0.3 is 0 Å². The molecule has 3 rings (SSSR count). The number of nitrogens with zero attached hydrogens (tertiary/aromatic N) is 5. The molecule has 0 saturated carbocycles. The van der Waals surface area contributed by atoms with Crippen LogP contribution in [0.2, 0.25) is 0 Å². The Labute approximate surface area is 203 Å². The van der Waals surface area contributed by atoms with Gasteiger partial charge in [-0.15, -0.1) is 5.10 Å². The summed E-state index contributed by atoms with van der Waals surface area (Å²) < 4.78 is 14.2. The van der Waals surface area contributed by atoms with Crippen LogP contribution >= 0.6 is 0 Å². The summed E-state index contributed by atoms with van der Waals surface area (Å²) in [4.78, 5) is 29.8. The molecule has 2 aromatic heterocycles. The number of aromatic nitrogens is 4. The highest BCUT2D eigenvalue weighted by Gasteiger charge is 2.25. The van der Waals surface area contributed by atoms with Gasteiger partial charge in [-0.25, -0.2) is 4.68 Å². The van der Waals surface area contributed by atoms with E-state index in [1.54, 1.807) is 32.4 Å². The molecular formula is C24H32N6O5. The Balaban J connectivity index is 2.10. The van der Waals surface area contributed by atoms with E-state index in [0.717, 1.165) is 5.56 Å². The van der Waals surface area contributed by atoms with Gasteiger partial charge in [0.2, 0.25) is 5.62 Å². The smallest absolute Gasteiger partial charge is 0.271 e. The number of methoxy groups -OCH3 is 1. The number of benzene rings is 1. The summed E-state index contributed by atoms with van der Waals surface area (Å²) in [5.74, 6) is 0.338. The van der Waals surface area contributed by atoms with E-state index in [9.17, 15) is 14.7 Å². The maximum Gasteiger partial charge on any atom is 0.271 e. The molecule has 2 N–H and O–H groups in total. The number of carbonyl (C=O) groups is 2. The monoisotopic (exact) mass is 484 g/mol. The van der Waals surface area contributed by atoms with Gasteiger partial charge < -0.3 is 19.9 Å². The summed E-state index contributed by atoms with van der Waals surface area (Å²) in [6.07, 6.45) is 0. The van der Waals surface area contributed by atoms with E-state index in [1.165, 1.54) is 16.2 Å². The van der Waals surface area contributed by atoms with Gasteiger partial charge in [0.05, 0.1) is 13.7 Å². The Bertz CT molecular complexity index is 1330. The SMILES string of the molecule is CN=c1n(CC(=O)c2cc(OCCO)c(OC)c(C(C)(C)C)c2)nc2c(C)cc(C(=O)NC)nn12. The Morgan fingerprint density at radius 2 is 1.91 bits per heavy atom. The number of carbonyl (C=O) groups excluding carboxylic acids is 2. The Kier molecular flexibility index (Phi) is 7.59. The van der Waals surface area contributed by atoms with Crippen molar-refractivity contribution in [1.82, 2.24) is 24.7 Å². The number of hydrogen-bond donors (Lipinski definition) is 2. The lowest BCUT2D eigenvalue weighted by atomic mass is 9.84. The fourth-order valence-corrected chi connectivity index (χ4v) is 3.73. The number of aliphatic hydroxyl groups is 1. The highest BCUT2D eigenvalue weighted by Crippen LogP contribution is 2.39. The molecule has 188 valence electrons. The molecule has 3 aromatic rings. The molecule has 2 heterocycles. The summed E-state index contributed by atoms with van der Waals surface area (Å²) in [5.41, 5.74) is 2.61. The number of rotatable bonds is 8. The highest BCUT2D eigenvalue weighted by molar-refractivity contribution is 5.97. The summed E-state index contributed by atoms with van der Waals surface area (Å²) in [5, 5.41) is 20.7. The number of ether oxygens (including phenoxy) is 2. The van der Waals surface area contributed by atoms with Crippen LogP contribution in [-0.2, 0) is 12.0 Å². The molecule has 0 saturated heterocycles. The largest absolute Gasteiger partial charge is 0.493 e. The molecule has 0 radical (unpaired) electrons. The first kappa shape index (κ1) is 25.9. The second-order valence-electron chi connectivity index (χ2n) is 9.01. The van der Waals surface area contributed by atoms with Crippen LogP contribution < -0.4 is 20.4 Å². The zero-order valence-corrected chi connectivity index (χ0v) is 21.2. The van der Waals surface area contributed by atoms with Crippen LogP contribution in [0.1, 0.15) is 52.7 Å². The fraction of sp³-hybridized carbons (Fsp3) is 0.458. The predicted molar refractivity (Wildman–Crippen MR) is 129 cm³/mol. The van der Waals surface area contributed by atoms with Crippen LogP contribution in [0.15, 0.2) is 23.2 Å². The molecule has 0 aliphatic heterocycles. The van der Waals surface area contributed by atoms with Gasteiger partial charge in [0, 0.05) is 25.2 Å². The maximum absolute atomic E-state index is 13.4. The van der Waals surface area contributed by atoms with Crippen LogP contribution in [0, 0.1) is 6.92 Å². The van der Waals surface area contributed by atoms with E-state index >= 15 is 0 Å². The molecule has 0 atom stereocenters. The van der Waals surface area contributed by atoms with Crippen molar-refractivity contribution >= 4 is 17.3 Å². The Hall–Kier alpha value is -3.73. The molecular weight excluding hydrogens is 452 g/mol. The van der Waals surface area contributed by atoms with E-state index in [0.29, 0.717) is 33.9 Å². The van der Waals surface area contributed by atoms with Crippen molar-refractivity contribution in [3.8, 4) is 11.5 Å². The number of fused-ring (bicyclic) bond motifs is 1. The van der Waals surface area contributed by atoms with Crippen molar-refractivity contribution in [2.75, 3.05) is 34.4 Å². The first-order valence-corrected chi connectivity index (χ1v) is 11.2. The zero-order chi connectivity index (χ0) is 25.9. The van der Waals surface area contributed by atoms with Gasteiger partial charge in [0.1, 0.15) is 18.8 Å². The summed E-state index contributed by atoms with van der Waals surface area (Å²) >= 11 is 0. The number of nitrogens with one attached hydrogen (secondary N) is 1. The van der Waals surface area contributed by atoms with Crippen LogP contribution in [0.5, 0.6) is 11.5 Å². The first-order valence-electron chi connectivity index (χ1n) is 11.2. The molecule has 11 heteroatoms. The van der Waals surface area contributed by atoms with Gasteiger partial charge in [-0.1, -0.05) is 20.8 Å². The standard InChI is InChI=1S/C24H32N6O5/c1-14-10-17(22(33)25-5)27-30-21(14)28-29(23(30)26-6)13-18(32)15-11-16(24(2,3)4)20(34-7)19(12-15)35-9-8-31/h10-12,31H,8-9,13H2,1-7H3,(H,25,33). The van der Waals surface area contributed by atoms with Crippen LogP contribution in [0.3, 0.4) is 0 Å². The summed E-state index contributed by atoms with van der Waals surface area (Å²) in [7, 11) is 4.64. The highest BCUT2D eigenvalue weighted by atomic mass is 16.5. The van der Waals surface area contributed by atoms with E-state index in [4.69, 9.17) is 9.47 Å². The van der Waals surface area contributed by atoms with E-state index in [1.807, 2.05) is 27.7 Å². The predicted octanol–water partition coefficient (Wildman–Crippen LogP) is 1.29. The lowest BCUT2D eigenvalue weighted by Gasteiger charge is -2.25. The van der Waals surface area contributed by atoms with E-state index in [2.05, 4.69) is 20.5 Å². The van der Waals surface area contributed by atoms with Crippen molar-refractivity contribution in [3.63, 3.8) is 0 Å². The minimum atomic E-state index is -0.337. The minimum Gasteiger partial charge on any atom is -0.493 e. The second kappa shape index (κ2) is 10.3. The fourth-order valence-electron chi connectivity index (χ4n) is 3.73. The van der Waals surface area contributed by atoms with Gasteiger partial charge in [-0.2, -0.15) is 9.61 Å². The molecule has 1 amide bonds. The molecule has 0 spiro atoms. The third-order valence-corrected chi connectivity index (χ3v) is 5.44. The number of aliphatic hydroxyl groups excluding tert-OH is 1. The van der Waals surface area contributed by atoms with Gasteiger partial charge in [-0.3, -0.25) is 14.6 Å². The minimum absolute atomic E-state index is 0.0657. The van der Waals surface area contributed by atoms with Gasteiger partial charge in [0.25, 0.3) is 5.91 Å². The zero-order valence-electron chi connectivity index (χ0n) is 21.2. The average molecular weight is 485 g/mol. The van der Waals surface area contributed by atoms with Gasteiger partial charge in [-0.05, 0) is 36.1 Å².